The van der Waals surface area contributed by atoms with Gasteiger partial charge in [-0.2, -0.15) is 0 Å². The van der Waals surface area contributed by atoms with Crippen LogP contribution in [0.1, 0.15) is 55.1 Å². The van der Waals surface area contributed by atoms with Crippen molar-refractivity contribution in [3.8, 4) is 5.75 Å². The molecule has 1 amide bonds. The molecule has 0 aliphatic heterocycles. The minimum atomic E-state index is -0.337. The maximum atomic E-state index is 12.7. The summed E-state index contributed by atoms with van der Waals surface area (Å²) >= 11 is 0. The summed E-state index contributed by atoms with van der Waals surface area (Å²) in [6.45, 7) is 2.45. The molecule has 1 aromatic heterocycles. The standard InChI is InChI=1S/C25H27NO4/c1-17(19-10-6-3-7-11-19)26-25(28)24-15-22(27)21-14-20(12-13-23(21)30-24)29-16-18-8-4-2-5-9-18/h2,4-5,8-9,12-15,17,19H,3,6-7,10-11,16H2,1H3,(H,26,28)/t17-/m0/s1. The number of hydrogen-bond donors (Lipinski definition) is 1. The Hall–Kier alpha value is -3.08. The van der Waals surface area contributed by atoms with Gasteiger partial charge in [0.05, 0.1) is 5.39 Å². The second-order valence-corrected chi connectivity index (χ2v) is 8.07. The molecule has 0 saturated heterocycles. The molecule has 0 radical (unpaired) electrons. The van der Waals surface area contributed by atoms with Crippen molar-refractivity contribution in [1.82, 2.24) is 5.32 Å². The lowest BCUT2D eigenvalue weighted by atomic mass is 9.84. The largest absolute Gasteiger partial charge is 0.489 e. The number of nitrogens with one attached hydrogen (secondary N) is 1. The van der Waals surface area contributed by atoms with Crippen molar-refractivity contribution in [2.75, 3.05) is 0 Å². The summed E-state index contributed by atoms with van der Waals surface area (Å²) in [6, 6.07) is 16.2. The van der Waals surface area contributed by atoms with Crippen LogP contribution in [0.4, 0.5) is 0 Å². The van der Waals surface area contributed by atoms with Crippen LogP contribution < -0.4 is 15.5 Å². The molecule has 3 aromatic rings. The van der Waals surface area contributed by atoms with Crippen molar-refractivity contribution in [1.29, 1.82) is 0 Å². The van der Waals surface area contributed by atoms with E-state index >= 15 is 0 Å². The summed E-state index contributed by atoms with van der Waals surface area (Å²) in [6.07, 6.45) is 5.97. The molecule has 1 heterocycles. The van der Waals surface area contributed by atoms with Gasteiger partial charge in [0, 0.05) is 12.1 Å². The molecule has 0 bridgehead atoms. The predicted molar refractivity (Wildman–Crippen MR) is 117 cm³/mol. The molecule has 1 N–H and O–H groups in total. The molecule has 0 unspecified atom stereocenters. The average Bonchev–Trinajstić information content (AvgIpc) is 2.79. The molecular weight excluding hydrogens is 378 g/mol. The van der Waals surface area contributed by atoms with Crippen molar-refractivity contribution in [2.24, 2.45) is 5.92 Å². The van der Waals surface area contributed by atoms with Gasteiger partial charge >= 0.3 is 0 Å². The van der Waals surface area contributed by atoms with Crippen LogP contribution in [0.25, 0.3) is 11.0 Å². The van der Waals surface area contributed by atoms with E-state index in [0.717, 1.165) is 18.4 Å². The van der Waals surface area contributed by atoms with Gasteiger partial charge in [-0.15, -0.1) is 0 Å². The first-order chi connectivity index (χ1) is 14.6. The van der Waals surface area contributed by atoms with E-state index in [4.69, 9.17) is 9.15 Å². The van der Waals surface area contributed by atoms with Gasteiger partial charge < -0.3 is 14.5 Å². The predicted octanol–water partition coefficient (Wildman–Crippen LogP) is 5.07. The minimum Gasteiger partial charge on any atom is -0.489 e. The molecule has 1 aliphatic rings. The van der Waals surface area contributed by atoms with E-state index in [2.05, 4.69) is 5.32 Å². The number of hydrogen-bond acceptors (Lipinski definition) is 4. The molecular formula is C25H27NO4. The third kappa shape index (κ3) is 4.73. The van der Waals surface area contributed by atoms with Gasteiger partial charge in [-0.05, 0) is 49.4 Å². The monoisotopic (exact) mass is 405 g/mol. The number of amides is 1. The first-order valence-corrected chi connectivity index (χ1v) is 10.7. The Morgan fingerprint density at radius 1 is 1.10 bits per heavy atom. The van der Waals surface area contributed by atoms with Crippen LogP contribution in [0.3, 0.4) is 0 Å². The van der Waals surface area contributed by atoms with Gasteiger partial charge in [0.1, 0.15) is 17.9 Å². The van der Waals surface area contributed by atoms with Crippen LogP contribution in [-0.2, 0) is 6.61 Å². The highest BCUT2D eigenvalue weighted by Gasteiger charge is 2.23. The number of ether oxygens (including phenoxy) is 1. The molecule has 1 fully saturated rings. The van der Waals surface area contributed by atoms with Crippen molar-refractivity contribution < 1.29 is 13.9 Å². The van der Waals surface area contributed by atoms with Crippen LogP contribution in [0.5, 0.6) is 5.75 Å². The third-order valence-electron chi connectivity index (χ3n) is 5.89. The summed E-state index contributed by atoms with van der Waals surface area (Å²) in [7, 11) is 0. The maximum absolute atomic E-state index is 12.7. The van der Waals surface area contributed by atoms with E-state index in [-0.39, 0.29) is 23.1 Å². The number of benzene rings is 2. The number of rotatable bonds is 6. The average molecular weight is 405 g/mol. The summed E-state index contributed by atoms with van der Waals surface area (Å²) in [5, 5.41) is 3.41. The second kappa shape index (κ2) is 9.16. The summed E-state index contributed by atoms with van der Waals surface area (Å²) in [5.74, 6) is 0.783. The van der Waals surface area contributed by atoms with Crippen molar-refractivity contribution in [3.05, 3.63) is 76.1 Å². The maximum Gasteiger partial charge on any atom is 0.287 e. The van der Waals surface area contributed by atoms with Crippen LogP contribution in [0, 0.1) is 5.92 Å². The third-order valence-corrected chi connectivity index (χ3v) is 5.89. The Morgan fingerprint density at radius 3 is 2.63 bits per heavy atom. The minimum absolute atomic E-state index is 0.0492. The highest BCUT2D eigenvalue weighted by molar-refractivity contribution is 5.93. The van der Waals surface area contributed by atoms with Gasteiger partial charge in [0.15, 0.2) is 11.2 Å². The van der Waals surface area contributed by atoms with Crippen LogP contribution in [-0.4, -0.2) is 11.9 Å². The van der Waals surface area contributed by atoms with Crippen LogP contribution >= 0.6 is 0 Å². The molecule has 0 spiro atoms. The molecule has 5 heteroatoms. The van der Waals surface area contributed by atoms with Crippen LogP contribution in [0.15, 0.2) is 63.8 Å². The zero-order valence-electron chi connectivity index (χ0n) is 17.2. The van der Waals surface area contributed by atoms with Gasteiger partial charge in [0.2, 0.25) is 0 Å². The lowest BCUT2D eigenvalue weighted by Gasteiger charge is -2.28. The fraction of sp³-hybridized carbons (Fsp3) is 0.360. The van der Waals surface area contributed by atoms with E-state index in [1.807, 2.05) is 37.3 Å². The fourth-order valence-corrected chi connectivity index (χ4v) is 4.11. The van der Waals surface area contributed by atoms with E-state index in [9.17, 15) is 9.59 Å². The van der Waals surface area contributed by atoms with Gasteiger partial charge in [-0.3, -0.25) is 9.59 Å². The zero-order valence-corrected chi connectivity index (χ0v) is 17.2. The van der Waals surface area contributed by atoms with E-state index < -0.39 is 0 Å². The van der Waals surface area contributed by atoms with Crippen LogP contribution in [0.2, 0.25) is 0 Å². The number of carbonyl (C=O) groups is 1. The highest BCUT2D eigenvalue weighted by atomic mass is 16.5. The molecule has 1 aliphatic carbocycles. The first-order valence-electron chi connectivity index (χ1n) is 10.7. The Kier molecular flexibility index (Phi) is 6.17. The van der Waals surface area contributed by atoms with Crippen molar-refractivity contribution in [3.63, 3.8) is 0 Å². The summed E-state index contributed by atoms with van der Waals surface area (Å²) in [5.41, 5.74) is 1.17. The van der Waals surface area contributed by atoms with Gasteiger partial charge in [0.25, 0.3) is 5.91 Å². The lowest BCUT2D eigenvalue weighted by Crippen LogP contribution is -2.39. The van der Waals surface area contributed by atoms with Gasteiger partial charge in [-0.25, -0.2) is 0 Å². The topological polar surface area (TPSA) is 68.5 Å². The molecule has 2 aromatic carbocycles. The summed E-state index contributed by atoms with van der Waals surface area (Å²) < 4.78 is 11.5. The Bertz CT molecular complexity index is 1070. The molecule has 4 rings (SSSR count). The van der Waals surface area contributed by atoms with E-state index in [1.165, 1.54) is 25.3 Å². The number of fused-ring (bicyclic) bond motifs is 1. The Morgan fingerprint density at radius 2 is 1.87 bits per heavy atom. The zero-order chi connectivity index (χ0) is 20.9. The lowest BCUT2D eigenvalue weighted by molar-refractivity contribution is 0.0891. The van der Waals surface area contributed by atoms with Crippen molar-refractivity contribution in [2.45, 2.75) is 51.7 Å². The SMILES string of the molecule is C[C@H](NC(=O)c1cc(=O)c2cc(OCc3ccccc3)ccc2o1)C1CCCCC1. The molecule has 5 nitrogen and oxygen atoms in total. The normalized spacial score (nSPS) is 15.6. The van der Waals surface area contributed by atoms with Crippen molar-refractivity contribution >= 4 is 16.9 Å². The summed E-state index contributed by atoms with van der Waals surface area (Å²) in [4.78, 5) is 25.3. The molecule has 30 heavy (non-hydrogen) atoms. The second-order valence-electron chi connectivity index (χ2n) is 8.07. The molecule has 156 valence electrons. The quantitative estimate of drug-likeness (QED) is 0.622. The van der Waals surface area contributed by atoms with E-state index in [0.29, 0.717) is 29.2 Å². The van der Waals surface area contributed by atoms with Gasteiger partial charge in [-0.1, -0.05) is 49.6 Å². The molecule has 1 atom stereocenters. The Labute approximate surface area is 176 Å². The highest BCUT2D eigenvalue weighted by Crippen LogP contribution is 2.26. The smallest absolute Gasteiger partial charge is 0.287 e. The van der Waals surface area contributed by atoms with E-state index in [1.54, 1.807) is 18.2 Å². The fourth-order valence-electron chi connectivity index (χ4n) is 4.11. The first kappa shape index (κ1) is 20.2. The number of carbonyl (C=O) groups excluding carboxylic acids is 1. The Balaban J connectivity index is 1.47. The molecule has 1 saturated carbocycles.